The number of aromatic nitrogens is 2. The molecule has 0 bridgehead atoms. The van der Waals surface area contributed by atoms with E-state index >= 15 is 0 Å². The molecule has 3 rings (SSSR count). The van der Waals surface area contributed by atoms with Gasteiger partial charge in [-0.05, 0) is 32.0 Å². The second-order valence-corrected chi connectivity index (χ2v) is 7.13. The molecule has 3 aromatic rings. The Kier molecular flexibility index (Phi) is 3.60. The number of amides is 1. The van der Waals surface area contributed by atoms with E-state index in [0.717, 1.165) is 20.3 Å². The van der Waals surface area contributed by atoms with Crippen molar-refractivity contribution in [2.24, 2.45) is 0 Å². The second kappa shape index (κ2) is 5.42. The van der Waals surface area contributed by atoms with Crippen molar-refractivity contribution < 1.29 is 9.32 Å². The maximum Gasteiger partial charge on any atom is 0.265 e. The normalized spacial score (nSPS) is 10.8. The predicted octanol–water partition coefficient (Wildman–Crippen LogP) is 4.04. The summed E-state index contributed by atoms with van der Waals surface area (Å²) in [5.74, 6) is 0.980. The van der Waals surface area contributed by atoms with Crippen molar-refractivity contribution in [3.05, 3.63) is 38.7 Å². The molecular weight excluding hydrogens is 306 g/mol. The highest BCUT2D eigenvalue weighted by atomic mass is 32.1. The highest BCUT2D eigenvalue weighted by molar-refractivity contribution is 7.16. The molecule has 0 atom stereocenters. The van der Waals surface area contributed by atoms with Gasteiger partial charge < -0.3 is 9.84 Å². The van der Waals surface area contributed by atoms with Crippen LogP contribution in [0.5, 0.6) is 0 Å². The fraction of sp³-hybridized carbons (Fsp3) is 0.214. The number of aryl methyl sites for hydroxylation is 3. The topological polar surface area (TPSA) is 68.0 Å². The van der Waals surface area contributed by atoms with Crippen molar-refractivity contribution in [1.29, 1.82) is 0 Å². The number of rotatable bonds is 3. The molecule has 1 N–H and O–H groups in total. The quantitative estimate of drug-likeness (QED) is 0.791. The molecule has 5 nitrogen and oxygen atoms in total. The lowest BCUT2D eigenvalue weighted by Crippen LogP contribution is -2.09. The van der Waals surface area contributed by atoms with Gasteiger partial charge in [-0.2, -0.15) is 4.98 Å². The van der Waals surface area contributed by atoms with E-state index in [9.17, 15) is 4.79 Å². The zero-order valence-corrected chi connectivity index (χ0v) is 13.4. The first-order chi connectivity index (χ1) is 10.0. The molecule has 3 aromatic heterocycles. The molecule has 0 saturated heterocycles. The minimum atomic E-state index is -0.0927. The maximum absolute atomic E-state index is 12.2. The highest BCUT2D eigenvalue weighted by Crippen LogP contribution is 2.33. The van der Waals surface area contributed by atoms with Gasteiger partial charge in [0.25, 0.3) is 5.91 Å². The molecule has 21 heavy (non-hydrogen) atoms. The zero-order valence-electron chi connectivity index (χ0n) is 11.8. The molecule has 0 aromatic carbocycles. The van der Waals surface area contributed by atoms with Gasteiger partial charge in [-0.1, -0.05) is 5.16 Å². The monoisotopic (exact) mass is 319 g/mol. The number of hydrogen-bond donors (Lipinski definition) is 1. The molecule has 3 heterocycles. The van der Waals surface area contributed by atoms with Gasteiger partial charge >= 0.3 is 0 Å². The van der Waals surface area contributed by atoms with Crippen LogP contribution in [0.2, 0.25) is 0 Å². The number of thiophene rings is 2. The molecule has 0 radical (unpaired) electrons. The van der Waals surface area contributed by atoms with Gasteiger partial charge in [0.15, 0.2) is 0 Å². The summed E-state index contributed by atoms with van der Waals surface area (Å²) in [6.45, 7) is 5.68. The van der Waals surface area contributed by atoms with Crippen molar-refractivity contribution in [2.45, 2.75) is 20.8 Å². The summed E-state index contributed by atoms with van der Waals surface area (Å²) >= 11 is 3.01. The van der Waals surface area contributed by atoms with Crippen molar-refractivity contribution in [3.8, 4) is 10.7 Å². The molecule has 7 heteroatoms. The van der Waals surface area contributed by atoms with Crippen LogP contribution in [-0.2, 0) is 0 Å². The van der Waals surface area contributed by atoms with Crippen LogP contribution in [0.1, 0.15) is 25.3 Å². The third kappa shape index (κ3) is 2.88. The second-order valence-electron chi connectivity index (χ2n) is 4.58. The first-order valence-electron chi connectivity index (χ1n) is 6.32. The van der Waals surface area contributed by atoms with Crippen LogP contribution < -0.4 is 5.32 Å². The van der Waals surface area contributed by atoms with Crippen LogP contribution in [0.15, 0.2) is 22.7 Å². The molecule has 0 fully saturated rings. The summed E-state index contributed by atoms with van der Waals surface area (Å²) in [6, 6.07) is 5.65. The van der Waals surface area contributed by atoms with E-state index in [2.05, 4.69) is 15.5 Å². The Hall–Kier alpha value is -1.99. The third-order valence-electron chi connectivity index (χ3n) is 2.88. The van der Waals surface area contributed by atoms with Crippen LogP contribution in [0.25, 0.3) is 10.7 Å². The standard InChI is InChI=1S/C14H13N3O2S2/c1-7-4-5-11(20-7)14(18)16-10-6-12(21-8(10)2)13-15-9(3)19-17-13/h4-6H,1-3H3,(H,16,18). The van der Waals surface area contributed by atoms with Crippen LogP contribution in [0.4, 0.5) is 5.69 Å². The summed E-state index contributed by atoms with van der Waals surface area (Å²) in [5.41, 5.74) is 0.786. The molecule has 0 unspecified atom stereocenters. The zero-order chi connectivity index (χ0) is 15.0. The van der Waals surface area contributed by atoms with Crippen LogP contribution in [0.3, 0.4) is 0 Å². The SMILES string of the molecule is Cc1nc(-c2cc(NC(=O)c3ccc(C)s3)c(C)s2)no1. The summed E-state index contributed by atoms with van der Waals surface area (Å²) < 4.78 is 4.98. The van der Waals surface area contributed by atoms with Gasteiger partial charge in [0.05, 0.1) is 15.4 Å². The maximum atomic E-state index is 12.2. The number of nitrogens with zero attached hydrogens (tertiary/aromatic N) is 2. The van der Waals surface area contributed by atoms with E-state index in [1.165, 1.54) is 22.7 Å². The van der Waals surface area contributed by atoms with Gasteiger partial charge in [-0.25, -0.2) is 0 Å². The van der Waals surface area contributed by atoms with E-state index in [1.807, 2.05) is 32.0 Å². The van der Waals surface area contributed by atoms with E-state index in [4.69, 9.17) is 4.52 Å². The summed E-state index contributed by atoms with van der Waals surface area (Å²) in [6.07, 6.45) is 0. The van der Waals surface area contributed by atoms with Crippen molar-refractivity contribution >= 4 is 34.3 Å². The average molecular weight is 319 g/mol. The molecule has 0 aliphatic heterocycles. The number of nitrogens with one attached hydrogen (secondary N) is 1. The number of hydrogen-bond acceptors (Lipinski definition) is 6. The highest BCUT2D eigenvalue weighted by Gasteiger charge is 2.15. The minimum absolute atomic E-state index is 0.0927. The van der Waals surface area contributed by atoms with Crippen molar-refractivity contribution in [1.82, 2.24) is 10.1 Å². The number of carbonyl (C=O) groups excluding carboxylic acids is 1. The van der Waals surface area contributed by atoms with Crippen LogP contribution >= 0.6 is 22.7 Å². The smallest absolute Gasteiger partial charge is 0.265 e. The fourth-order valence-corrected chi connectivity index (χ4v) is 3.52. The van der Waals surface area contributed by atoms with Crippen molar-refractivity contribution in [2.75, 3.05) is 5.32 Å². The lowest BCUT2D eigenvalue weighted by molar-refractivity contribution is 0.103. The fourth-order valence-electron chi connectivity index (χ4n) is 1.86. The Labute approximate surface area is 129 Å². The number of carbonyl (C=O) groups is 1. The predicted molar refractivity (Wildman–Crippen MR) is 84.1 cm³/mol. The first-order valence-corrected chi connectivity index (χ1v) is 7.95. The van der Waals surface area contributed by atoms with Crippen LogP contribution in [-0.4, -0.2) is 16.0 Å². The van der Waals surface area contributed by atoms with Crippen molar-refractivity contribution in [3.63, 3.8) is 0 Å². The van der Waals surface area contributed by atoms with Crippen LogP contribution in [0, 0.1) is 20.8 Å². The van der Waals surface area contributed by atoms with Gasteiger partial charge in [0.2, 0.25) is 11.7 Å². The van der Waals surface area contributed by atoms with Gasteiger partial charge in [0, 0.05) is 16.7 Å². The Bertz CT molecular complexity index is 801. The first kappa shape index (κ1) is 14.0. The Balaban J connectivity index is 1.83. The minimum Gasteiger partial charge on any atom is -0.339 e. The van der Waals surface area contributed by atoms with E-state index in [1.54, 1.807) is 6.92 Å². The van der Waals surface area contributed by atoms with Gasteiger partial charge in [-0.3, -0.25) is 4.79 Å². The largest absolute Gasteiger partial charge is 0.339 e. The lowest BCUT2D eigenvalue weighted by atomic mass is 10.3. The molecule has 0 saturated carbocycles. The molecule has 108 valence electrons. The summed E-state index contributed by atoms with van der Waals surface area (Å²) in [4.78, 5) is 20.1. The number of anilines is 1. The van der Waals surface area contributed by atoms with Gasteiger partial charge in [0.1, 0.15) is 0 Å². The molecule has 0 spiro atoms. The molecule has 0 aliphatic rings. The van der Waals surface area contributed by atoms with E-state index < -0.39 is 0 Å². The van der Waals surface area contributed by atoms with E-state index in [0.29, 0.717) is 16.6 Å². The molecule has 0 aliphatic carbocycles. The Morgan fingerprint density at radius 3 is 2.67 bits per heavy atom. The average Bonchev–Trinajstić information content (AvgIpc) is 3.12. The third-order valence-corrected chi connectivity index (χ3v) is 4.92. The molecule has 1 amide bonds. The Morgan fingerprint density at radius 1 is 1.24 bits per heavy atom. The van der Waals surface area contributed by atoms with E-state index in [-0.39, 0.29) is 5.91 Å². The summed E-state index contributed by atoms with van der Waals surface area (Å²) in [5, 5.41) is 6.83. The van der Waals surface area contributed by atoms with Gasteiger partial charge in [-0.15, -0.1) is 22.7 Å². The lowest BCUT2D eigenvalue weighted by Gasteiger charge is -2.01. The summed E-state index contributed by atoms with van der Waals surface area (Å²) in [7, 11) is 0. The Morgan fingerprint density at radius 2 is 2.05 bits per heavy atom. The molecular formula is C14H13N3O2S2.